The van der Waals surface area contributed by atoms with Crippen molar-refractivity contribution in [2.75, 3.05) is 38.8 Å². The van der Waals surface area contributed by atoms with Gasteiger partial charge in [0.2, 0.25) is 0 Å². The van der Waals surface area contributed by atoms with Crippen molar-refractivity contribution in [3.05, 3.63) is 29.6 Å². The number of benzene rings is 1. The fourth-order valence-electron chi connectivity index (χ4n) is 1.34. The maximum atomic E-state index is 13.2. The van der Waals surface area contributed by atoms with Crippen LogP contribution in [0.25, 0.3) is 0 Å². The van der Waals surface area contributed by atoms with Gasteiger partial charge in [0.1, 0.15) is 5.82 Å². The van der Waals surface area contributed by atoms with E-state index in [0.29, 0.717) is 32.1 Å². The average molecular weight is 256 g/mol. The summed E-state index contributed by atoms with van der Waals surface area (Å²) in [5.41, 5.74) is 5.55. The summed E-state index contributed by atoms with van der Waals surface area (Å²) in [5, 5.41) is 3.00. The van der Waals surface area contributed by atoms with Crippen LogP contribution in [0.4, 0.5) is 10.1 Å². The number of nitrogens with one attached hydrogen (secondary N) is 1. The van der Waals surface area contributed by atoms with Gasteiger partial charge in [0.15, 0.2) is 0 Å². The van der Waals surface area contributed by atoms with Crippen LogP contribution in [-0.4, -0.2) is 39.4 Å². The highest BCUT2D eigenvalue weighted by Crippen LogP contribution is 2.13. The van der Waals surface area contributed by atoms with Gasteiger partial charge in [0.05, 0.1) is 25.4 Å². The van der Waals surface area contributed by atoms with Crippen LogP contribution < -0.4 is 11.1 Å². The predicted octanol–water partition coefficient (Wildman–Crippen LogP) is 1.000. The van der Waals surface area contributed by atoms with E-state index in [0.717, 1.165) is 0 Å². The highest BCUT2D eigenvalue weighted by molar-refractivity contribution is 5.94. The number of halogens is 1. The molecule has 0 unspecified atom stereocenters. The minimum Gasteiger partial charge on any atom is -0.383 e. The summed E-state index contributed by atoms with van der Waals surface area (Å²) in [5.74, 6) is -1.41. The van der Waals surface area contributed by atoms with E-state index in [1.54, 1.807) is 7.11 Å². The molecule has 0 atom stereocenters. The summed E-state index contributed by atoms with van der Waals surface area (Å²) < 4.78 is 23.2. The normalized spacial score (nSPS) is 10.3. The second-order valence-electron chi connectivity index (χ2n) is 3.59. The lowest BCUT2D eigenvalue weighted by atomic mass is 10.2. The first-order valence-corrected chi connectivity index (χ1v) is 5.55. The Bertz CT molecular complexity index is 399. The second-order valence-corrected chi connectivity index (χ2v) is 3.59. The SMILES string of the molecule is COCCOCCNc1ccc(F)c(C(N)=O)c1. The highest BCUT2D eigenvalue weighted by atomic mass is 19.1. The third-order valence-electron chi connectivity index (χ3n) is 2.24. The number of nitrogens with two attached hydrogens (primary N) is 1. The largest absolute Gasteiger partial charge is 0.383 e. The first-order chi connectivity index (χ1) is 8.65. The molecule has 6 heteroatoms. The van der Waals surface area contributed by atoms with Gasteiger partial charge < -0.3 is 20.5 Å². The summed E-state index contributed by atoms with van der Waals surface area (Å²) in [6, 6.07) is 4.12. The lowest BCUT2D eigenvalue weighted by Crippen LogP contribution is -2.15. The van der Waals surface area contributed by atoms with Gasteiger partial charge in [0, 0.05) is 19.3 Å². The van der Waals surface area contributed by atoms with Crippen LogP contribution in [0.2, 0.25) is 0 Å². The summed E-state index contributed by atoms with van der Waals surface area (Å²) in [7, 11) is 1.60. The Kier molecular flexibility index (Phi) is 6.10. The van der Waals surface area contributed by atoms with Crippen molar-refractivity contribution in [1.29, 1.82) is 0 Å². The van der Waals surface area contributed by atoms with Gasteiger partial charge in [-0.1, -0.05) is 0 Å². The monoisotopic (exact) mass is 256 g/mol. The van der Waals surface area contributed by atoms with Crippen molar-refractivity contribution in [3.8, 4) is 0 Å². The van der Waals surface area contributed by atoms with Crippen LogP contribution in [0.15, 0.2) is 18.2 Å². The molecule has 1 aromatic rings. The van der Waals surface area contributed by atoms with Crippen molar-refractivity contribution in [2.24, 2.45) is 5.73 Å². The predicted molar refractivity (Wildman–Crippen MR) is 66.1 cm³/mol. The van der Waals surface area contributed by atoms with Gasteiger partial charge in [-0.15, -0.1) is 0 Å². The molecule has 0 aliphatic heterocycles. The van der Waals surface area contributed by atoms with Crippen molar-refractivity contribution >= 4 is 11.6 Å². The first kappa shape index (κ1) is 14.4. The van der Waals surface area contributed by atoms with E-state index in [9.17, 15) is 9.18 Å². The molecule has 0 aliphatic rings. The van der Waals surface area contributed by atoms with Crippen LogP contribution in [0.5, 0.6) is 0 Å². The zero-order valence-corrected chi connectivity index (χ0v) is 10.2. The quantitative estimate of drug-likeness (QED) is 0.680. The molecule has 1 aromatic carbocycles. The Hall–Kier alpha value is -1.66. The molecule has 1 rings (SSSR count). The molecule has 100 valence electrons. The van der Waals surface area contributed by atoms with Gasteiger partial charge in [-0.05, 0) is 18.2 Å². The maximum absolute atomic E-state index is 13.2. The lowest BCUT2D eigenvalue weighted by Gasteiger charge is -2.08. The van der Waals surface area contributed by atoms with Gasteiger partial charge in [-0.3, -0.25) is 4.79 Å². The summed E-state index contributed by atoms with van der Waals surface area (Å²) >= 11 is 0. The van der Waals surface area contributed by atoms with Crippen LogP contribution >= 0.6 is 0 Å². The Morgan fingerprint density at radius 3 is 2.83 bits per heavy atom. The number of hydrogen-bond donors (Lipinski definition) is 2. The molecule has 0 saturated carbocycles. The molecule has 3 N–H and O–H groups in total. The molecule has 18 heavy (non-hydrogen) atoms. The molecule has 0 fully saturated rings. The van der Waals surface area contributed by atoms with Gasteiger partial charge >= 0.3 is 0 Å². The van der Waals surface area contributed by atoms with E-state index in [4.69, 9.17) is 15.2 Å². The fourth-order valence-corrected chi connectivity index (χ4v) is 1.34. The zero-order chi connectivity index (χ0) is 13.4. The topological polar surface area (TPSA) is 73.6 Å². The number of carbonyl (C=O) groups excluding carboxylic acids is 1. The van der Waals surface area contributed by atoms with Crippen LogP contribution in [-0.2, 0) is 9.47 Å². The molecule has 0 bridgehead atoms. The molecule has 0 aliphatic carbocycles. The van der Waals surface area contributed by atoms with Crippen LogP contribution in [0, 0.1) is 5.82 Å². The number of ether oxygens (including phenoxy) is 2. The smallest absolute Gasteiger partial charge is 0.251 e. The average Bonchev–Trinajstić information content (AvgIpc) is 2.35. The summed E-state index contributed by atoms with van der Waals surface area (Å²) in [6.07, 6.45) is 0. The summed E-state index contributed by atoms with van der Waals surface area (Å²) in [6.45, 7) is 2.11. The number of rotatable bonds is 8. The molecular formula is C12H17FN2O3. The zero-order valence-electron chi connectivity index (χ0n) is 10.2. The number of carbonyl (C=O) groups is 1. The van der Waals surface area contributed by atoms with E-state index in [1.165, 1.54) is 18.2 Å². The molecule has 0 radical (unpaired) electrons. The van der Waals surface area contributed by atoms with E-state index in [-0.39, 0.29) is 5.56 Å². The Morgan fingerprint density at radius 1 is 1.39 bits per heavy atom. The molecular weight excluding hydrogens is 239 g/mol. The van der Waals surface area contributed by atoms with Crippen molar-refractivity contribution in [1.82, 2.24) is 0 Å². The number of anilines is 1. The molecule has 0 aromatic heterocycles. The Balaban J connectivity index is 2.38. The number of methoxy groups -OCH3 is 1. The molecule has 5 nitrogen and oxygen atoms in total. The fraction of sp³-hybridized carbons (Fsp3) is 0.417. The van der Waals surface area contributed by atoms with Crippen molar-refractivity contribution < 1.29 is 18.7 Å². The van der Waals surface area contributed by atoms with Gasteiger partial charge in [0.25, 0.3) is 5.91 Å². The van der Waals surface area contributed by atoms with Gasteiger partial charge in [-0.2, -0.15) is 0 Å². The molecule has 1 amide bonds. The number of hydrogen-bond acceptors (Lipinski definition) is 4. The van der Waals surface area contributed by atoms with E-state index in [2.05, 4.69) is 5.32 Å². The van der Waals surface area contributed by atoms with Crippen LogP contribution in [0.3, 0.4) is 0 Å². The van der Waals surface area contributed by atoms with Crippen molar-refractivity contribution in [3.63, 3.8) is 0 Å². The van der Waals surface area contributed by atoms with Crippen LogP contribution in [0.1, 0.15) is 10.4 Å². The number of primary amides is 1. The minimum absolute atomic E-state index is 0.125. The van der Waals surface area contributed by atoms with Crippen molar-refractivity contribution in [2.45, 2.75) is 0 Å². The van der Waals surface area contributed by atoms with E-state index in [1.807, 2.05) is 0 Å². The second kappa shape index (κ2) is 7.62. The third kappa shape index (κ3) is 4.68. The maximum Gasteiger partial charge on any atom is 0.251 e. The van der Waals surface area contributed by atoms with E-state index >= 15 is 0 Å². The Morgan fingerprint density at radius 2 is 2.17 bits per heavy atom. The summed E-state index contributed by atoms with van der Waals surface area (Å²) in [4.78, 5) is 10.9. The number of amides is 1. The van der Waals surface area contributed by atoms with E-state index < -0.39 is 11.7 Å². The highest BCUT2D eigenvalue weighted by Gasteiger charge is 2.08. The third-order valence-corrected chi connectivity index (χ3v) is 2.24. The minimum atomic E-state index is -0.785. The lowest BCUT2D eigenvalue weighted by molar-refractivity contribution is 0.0759. The van der Waals surface area contributed by atoms with Gasteiger partial charge in [-0.25, -0.2) is 4.39 Å². The standard InChI is InChI=1S/C12H17FN2O3/c1-17-6-7-18-5-4-15-9-2-3-11(13)10(8-9)12(14)16/h2-3,8,15H,4-7H2,1H3,(H2,14,16). The first-order valence-electron chi connectivity index (χ1n) is 5.55. The molecule has 0 spiro atoms. The molecule has 0 heterocycles. The Labute approximate surface area is 105 Å². The molecule has 0 saturated heterocycles.